The van der Waals surface area contributed by atoms with Gasteiger partial charge in [-0.15, -0.1) is 0 Å². The van der Waals surface area contributed by atoms with Crippen LogP contribution in [0.4, 0.5) is 8.78 Å². The lowest BCUT2D eigenvalue weighted by molar-refractivity contribution is -0.174. The highest BCUT2D eigenvalue weighted by atomic mass is 19.3. The molecule has 0 spiro atoms. The van der Waals surface area contributed by atoms with Crippen LogP contribution < -0.4 is 0 Å². The van der Waals surface area contributed by atoms with E-state index in [0.29, 0.717) is 18.4 Å². The minimum atomic E-state index is -3.03. The summed E-state index contributed by atoms with van der Waals surface area (Å²) in [6.45, 7) is -0.0958. The van der Waals surface area contributed by atoms with Gasteiger partial charge in [-0.2, -0.15) is 0 Å². The second-order valence-corrected chi connectivity index (χ2v) is 5.67. The quantitative estimate of drug-likeness (QED) is 0.625. The Labute approximate surface area is 128 Å². The van der Waals surface area contributed by atoms with Gasteiger partial charge in [0.2, 0.25) is 0 Å². The highest BCUT2D eigenvalue weighted by Gasteiger charge is 2.54. The summed E-state index contributed by atoms with van der Waals surface area (Å²) < 4.78 is 32.2. The molecule has 0 heterocycles. The Morgan fingerprint density at radius 2 is 1.82 bits per heavy atom. The Balaban J connectivity index is 2.14. The molecule has 1 atom stereocenters. The van der Waals surface area contributed by atoms with Gasteiger partial charge in [-0.1, -0.05) is 49.6 Å². The average molecular weight is 310 g/mol. The third-order valence-electron chi connectivity index (χ3n) is 4.17. The van der Waals surface area contributed by atoms with E-state index in [1.807, 2.05) is 6.07 Å². The summed E-state index contributed by atoms with van der Waals surface area (Å²) in [7, 11) is 0. The first-order chi connectivity index (χ1) is 10.6. The van der Waals surface area contributed by atoms with E-state index in [9.17, 15) is 18.4 Å². The lowest BCUT2D eigenvalue weighted by atomic mass is 9.75. The zero-order chi connectivity index (χ0) is 16.0. The molecular formula is C17H20F2O3. The Bertz CT molecular complexity index is 516. The molecule has 1 aromatic carbocycles. The summed E-state index contributed by atoms with van der Waals surface area (Å²) in [6.07, 6.45) is -0.545. The number of ketones is 1. The van der Waals surface area contributed by atoms with E-state index in [-0.39, 0.29) is 19.4 Å². The molecule has 0 radical (unpaired) electrons. The van der Waals surface area contributed by atoms with Crippen LogP contribution in [0, 0.1) is 5.41 Å². The third-order valence-corrected chi connectivity index (χ3v) is 4.17. The topological polar surface area (TPSA) is 43.4 Å². The van der Waals surface area contributed by atoms with E-state index in [1.165, 1.54) is 0 Å². The minimum Gasteiger partial charge on any atom is -0.460 e. The number of rotatable bonds is 4. The van der Waals surface area contributed by atoms with Crippen molar-refractivity contribution in [3.8, 4) is 0 Å². The van der Waals surface area contributed by atoms with Gasteiger partial charge in [0, 0.05) is 6.42 Å². The lowest BCUT2D eigenvalue weighted by Gasteiger charge is -2.30. The number of carbonyl (C=O) groups is 2. The van der Waals surface area contributed by atoms with Crippen molar-refractivity contribution >= 4 is 11.8 Å². The predicted octanol–water partition coefficient (Wildman–Crippen LogP) is 3.90. The van der Waals surface area contributed by atoms with Crippen LogP contribution in [-0.4, -0.2) is 18.2 Å². The largest absolute Gasteiger partial charge is 0.460 e. The minimum absolute atomic E-state index is 0.0186. The molecule has 1 aromatic rings. The summed E-state index contributed by atoms with van der Waals surface area (Å²) in [4.78, 5) is 24.5. The van der Waals surface area contributed by atoms with Gasteiger partial charge < -0.3 is 4.74 Å². The van der Waals surface area contributed by atoms with Gasteiger partial charge in [0.1, 0.15) is 6.61 Å². The van der Waals surface area contributed by atoms with Crippen molar-refractivity contribution in [3.63, 3.8) is 0 Å². The van der Waals surface area contributed by atoms with Crippen molar-refractivity contribution < 1.29 is 23.1 Å². The maximum atomic E-state index is 13.6. The van der Waals surface area contributed by atoms with E-state index >= 15 is 0 Å². The number of alkyl halides is 2. The molecule has 1 unspecified atom stereocenters. The number of halogens is 2. The molecule has 0 aliphatic heterocycles. The smallest absolute Gasteiger partial charge is 0.325 e. The summed E-state index contributed by atoms with van der Waals surface area (Å²) in [5.74, 6) is -1.77. The molecule has 0 saturated heterocycles. The van der Waals surface area contributed by atoms with Crippen LogP contribution in [-0.2, 0) is 20.9 Å². The summed E-state index contributed by atoms with van der Waals surface area (Å²) in [6, 6.07) is 8.83. The second kappa shape index (κ2) is 7.47. The van der Waals surface area contributed by atoms with Crippen LogP contribution in [0.25, 0.3) is 0 Å². The molecule has 1 fully saturated rings. The molecule has 2 rings (SSSR count). The van der Waals surface area contributed by atoms with E-state index < -0.39 is 23.6 Å². The molecule has 5 heteroatoms. The highest BCUT2D eigenvalue weighted by Crippen LogP contribution is 2.38. The number of ether oxygens (including phenoxy) is 1. The van der Waals surface area contributed by atoms with Crippen molar-refractivity contribution in [2.24, 2.45) is 5.41 Å². The van der Waals surface area contributed by atoms with E-state index in [1.54, 1.807) is 24.3 Å². The highest BCUT2D eigenvalue weighted by molar-refractivity contribution is 6.04. The Morgan fingerprint density at radius 3 is 2.50 bits per heavy atom. The number of esters is 1. The second-order valence-electron chi connectivity index (χ2n) is 5.67. The van der Waals surface area contributed by atoms with Crippen LogP contribution in [0.1, 0.15) is 44.1 Å². The fraction of sp³-hybridized carbons (Fsp3) is 0.529. The molecule has 0 amide bonds. The normalized spacial score (nSPS) is 23.0. The van der Waals surface area contributed by atoms with Crippen LogP contribution in [0.5, 0.6) is 0 Å². The summed E-state index contributed by atoms with van der Waals surface area (Å²) in [5, 5.41) is 0. The SMILES string of the molecule is O=C1CCCCCCC1(C(=O)OCc1ccccc1)C(F)F. The molecular weight excluding hydrogens is 290 g/mol. The van der Waals surface area contributed by atoms with Gasteiger partial charge >= 0.3 is 5.97 Å². The number of Topliss-reactive ketones (excluding diaryl/α,β-unsaturated/α-hetero) is 1. The van der Waals surface area contributed by atoms with Crippen molar-refractivity contribution in [1.82, 2.24) is 0 Å². The van der Waals surface area contributed by atoms with Crippen LogP contribution in [0.15, 0.2) is 30.3 Å². The molecule has 1 saturated carbocycles. The van der Waals surface area contributed by atoms with E-state index in [2.05, 4.69) is 0 Å². The zero-order valence-electron chi connectivity index (χ0n) is 12.4. The van der Waals surface area contributed by atoms with Gasteiger partial charge in [-0.25, -0.2) is 8.78 Å². The first-order valence-corrected chi connectivity index (χ1v) is 7.60. The zero-order valence-corrected chi connectivity index (χ0v) is 12.4. The number of hydrogen-bond acceptors (Lipinski definition) is 3. The van der Waals surface area contributed by atoms with Gasteiger partial charge in [-0.3, -0.25) is 9.59 Å². The Kier molecular flexibility index (Phi) is 5.63. The van der Waals surface area contributed by atoms with Crippen LogP contribution in [0.2, 0.25) is 0 Å². The van der Waals surface area contributed by atoms with E-state index in [0.717, 1.165) is 12.8 Å². The molecule has 0 bridgehead atoms. The summed E-state index contributed by atoms with van der Waals surface area (Å²) >= 11 is 0. The molecule has 0 aromatic heterocycles. The maximum Gasteiger partial charge on any atom is 0.325 e. The third kappa shape index (κ3) is 3.51. The van der Waals surface area contributed by atoms with Gasteiger partial charge in [-0.05, 0) is 18.4 Å². The van der Waals surface area contributed by atoms with Crippen LogP contribution >= 0.6 is 0 Å². The molecule has 120 valence electrons. The fourth-order valence-corrected chi connectivity index (χ4v) is 2.79. The van der Waals surface area contributed by atoms with E-state index in [4.69, 9.17) is 4.74 Å². The summed E-state index contributed by atoms with van der Waals surface area (Å²) in [5.41, 5.74) is -1.58. The predicted molar refractivity (Wildman–Crippen MR) is 77.4 cm³/mol. The first-order valence-electron chi connectivity index (χ1n) is 7.60. The average Bonchev–Trinajstić information content (AvgIpc) is 2.50. The molecule has 0 N–H and O–H groups in total. The van der Waals surface area contributed by atoms with Gasteiger partial charge in [0.15, 0.2) is 11.2 Å². The maximum absolute atomic E-state index is 13.6. The number of benzene rings is 1. The molecule has 3 nitrogen and oxygen atoms in total. The van der Waals surface area contributed by atoms with Crippen molar-refractivity contribution in [2.75, 3.05) is 0 Å². The Hall–Kier alpha value is -1.78. The molecule has 1 aliphatic rings. The fourth-order valence-electron chi connectivity index (χ4n) is 2.79. The van der Waals surface area contributed by atoms with Crippen LogP contribution in [0.3, 0.4) is 0 Å². The Morgan fingerprint density at radius 1 is 1.14 bits per heavy atom. The lowest BCUT2D eigenvalue weighted by Crippen LogP contribution is -2.47. The van der Waals surface area contributed by atoms with Crippen molar-refractivity contribution in [3.05, 3.63) is 35.9 Å². The monoisotopic (exact) mass is 310 g/mol. The van der Waals surface area contributed by atoms with Crippen molar-refractivity contribution in [1.29, 1.82) is 0 Å². The number of carbonyl (C=O) groups excluding carboxylic acids is 2. The molecule has 22 heavy (non-hydrogen) atoms. The van der Waals surface area contributed by atoms with Gasteiger partial charge in [0.05, 0.1) is 0 Å². The van der Waals surface area contributed by atoms with Crippen molar-refractivity contribution in [2.45, 2.75) is 51.6 Å². The standard InChI is InChI=1S/C17H20F2O3/c18-15(19)17(11-7-2-1-6-10-14(17)20)16(21)22-12-13-8-4-3-5-9-13/h3-5,8-9,15H,1-2,6-7,10-12H2. The van der Waals surface area contributed by atoms with Gasteiger partial charge in [0.25, 0.3) is 6.43 Å². The molecule has 1 aliphatic carbocycles. The first kappa shape index (κ1) is 16.6. The number of hydrogen-bond donors (Lipinski definition) is 0.